The Bertz CT molecular complexity index is 63.4. The summed E-state index contributed by atoms with van der Waals surface area (Å²) in [4.78, 5) is 12.7. The Kier molecular flexibility index (Phi) is 6.25. The van der Waals surface area contributed by atoms with E-state index in [1.54, 1.807) is 6.21 Å². The summed E-state index contributed by atoms with van der Waals surface area (Å²) in [7, 11) is 1.47. The first-order chi connectivity index (χ1) is 3.91. The van der Waals surface area contributed by atoms with Gasteiger partial charge in [0.05, 0.1) is 7.11 Å². The Hall–Kier alpha value is -0.410. The smallest absolute Gasteiger partial charge is 0.117 e. The minimum atomic E-state index is 0.435. The Morgan fingerprint density at radius 3 is 2.88 bits per heavy atom. The lowest BCUT2D eigenvalue weighted by Crippen LogP contribution is -1.92. The number of nitrogens with zero attached hydrogens (tertiary/aromatic N) is 1. The van der Waals surface area contributed by atoms with Crippen molar-refractivity contribution < 1.29 is 9.78 Å². The van der Waals surface area contributed by atoms with Crippen molar-refractivity contribution in [1.82, 2.24) is 0 Å². The van der Waals surface area contributed by atoms with E-state index >= 15 is 0 Å². The zero-order chi connectivity index (χ0) is 6.24. The van der Waals surface area contributed by atoms with E-state index in [-0.39, 0.29) is 0 Å². The third-order valence-electron chi connectivity index (χ3n) is 0.572. The van der Waals surface area contributed by atoms with Crippen LogP contribution in [0.3, 0.4) is 0 Å². The van der Waals surface area contributed by atoms with Crippen LogP contribution in [-0.2, 0) is 9.78 Å². The quantitative estimate of drug-likeness (QED) is 0.234. The molecule has 0 N–H and O–H groups in total. The lowest BCUT2D eigenvalue weighted by atomic mass is 10.7. The maximum absolute atomic E-state index is 4.49. The Labute approximate surface area is 49.3 Å². The van der Waals surface area contributed by atoms with Crippen molar-refractivity contribution >= 4 is 6.21 Å². The lowest BCUT2D eigenvalue weighted by Gasteiger charge is -1.89. The molecule has 0 aliphatic rings. The second kappa shape index (κ2) is 6.59. The van der Waals surface area contributed by atoms with E-state index in [9.17, 15) is 0 Å². The van der Waals surface area contributed by atoms with Gasteiger partial charge in [-0.05, 0) is 6.92 Å². The second-order valence-electron chi connectivity index (χ2n) is 1.13. The zero-order valence-electron chi connectivity index (χ0n) is 5.26. The number of hydrogen-bond acceptors (Lipinski definition) is 3. The molecule has 0 aromatic rings. The number of hydrogen-bond donors (Lipinski definition) is 0. The van der Waals surface area contributed by atoms with Crippen LogP contribution >= 0.6 is 0 Å². The molecule has 0 aliphatic heterocycles. The monoisotopic (exact) mass is 117 g/mol. The molecule has 0 fully saturated rings. The van der Waals surface area contributed by atoms with Gasteiger partial charge in [-0.3, -0.25) is 4.99 Å². The Morgan fingerprint density at radius 2 is 2.38 bits per heavy atom. The van der Waals surface area contributed by atoms with Crippen LogP contribution < -0.4 is 0 Å². The van der Waals surface area contributed by atoms with Crippen LogP contribution in [0.4, 0.5) is 0 Å². The highest BCUT2D eigenvalue weighted by Crippen LogP contribution is 1.69. The summed E-state index contributed by atoms with van der Waals surface area (Å²) in [5.74, 6) is 0. The molecule has 0 heterocycles. The van der Waals surface area contributed by atoms with Gasteiger partial charge in [-0.2, -0.15) is 0 Å². The summed E-state index contributed by atoms with van der Waals surface area (Å²) >= 11 is 0. The fourth-order valence-corrected chi connectivity index (χ4v) is 0.280. The fraction of sp³-hybridized carbons (Fsp3) is 0.800. The molecule has 0 spiro atoms. The van der Waals surface area contributed by atoms with Gasteiger partial charge in [0.25, 0.3) is 0 Å². The van der Waals surface area contributed by atoms with Gasteiger partial charge < -0.3 is 0 Å². The molecule has 0 saturated carbocycles. The van der Waals surface area contributed by atoms with Crippen LogP contribution in [0.1, 0.15) is 6.92 Å². The van der Waals surface area contributed by atoms with E-state index in [0.717, 1.165) is 6.54 Å². The minimum Gasteiger partial charge on any atom is -0.295 e. The molecule has 0 aliphatic carbocycles. The van der Waals surface area contributed by atoms with Crippen molar-refractivity contribution in [3.05, 3.63) is 0 Å². The van der Waals surface area contributed by atoms with Gasteiger partial charge >= 0.3 is 0 Å². The van der Waals surface area contributed by atoms with Crippen molar-refractivity contribution in [2.75, 3.05) is 20.3 Å². The highest BCUT2D eigenvalue weighted by Gasteiger charge is 1.73. The summed E-state index contributed by atoms with van der Waals surface area (Å²) in [5.41, 5.74) is 0. The summed E-state index contributed by atoms with van der Waals surface area (Å²) in [6.45, 7) is 3.20. The van der Waals surface area contributed by atoms with Crippen LogP contribution in [0.15, 0.2) is 4.99 Å². The van der Waals surface area contributed by atoms with Gasteiger partial charge in [0.1, 0.15) is 6.61 Å². The van der Waals surface area contributed by atoms with Gasteiger partial charge in [0, 0.05) is 12.8 Å². The maximum Gasteiger partial charge on any atom is 0.117 e. The number of aliphatic imine (C=N–C) groups is 1. The van der Waals surface area contributed by atoms with Crippen molar-refractivity contribution in [3.8, 4) is 0 Å². The summed E-state index contributed by atoms with van der Waals surface area (Å²) in [5, 5.41) is 0. The molecule has 0 rings (SSSR count). The van der Waals surface area contributed by atoms with Crippen molar-refractivity contribution in [2.24, 2.45) is 4.99 Å². The van der Waals surface area contributed by atoms with E-state index < -0.39 is 0 Å². The topological polar surface area (TPSA) is 30.8 Å². The SMILES string of the molecule is CCN=CCOOC. The molecule has 0 amide bonds. The van der Waals surface area contributed by atoms with Crippen LogP contribution in [0.25, 0.3) is 0 Å². The van der Waals surface area contributed by atoms with Gasteiger partial charge in [0.15, 0.2) is 0 Å². The molecule has 48 valence electrons. The summed E-state index contributed by atoms with van der Waals surface area (Å²) in [6, 6.07) is 0. The predicted molar refractivity (Wildman–Crippen MR) is 32.0 cm³/mol. The fourth-order valence-electron chi connectivity index (χ4n) is 0.280. The average molecular weight is 117 g/mol. The summed E-state index contributed by atoms with van der Waals surface area (Å²) in [6.07, 6.45) is 1.67. The molecule has 0 bridgehead atoms. The predicted octanol–water partition coefficient (Wildman–Crippen LogP) is 0.655. The van der Waals surface area contributed by atoms with Gasteiger partial charge in [0.2, 0.25) is 0 Å². The van der Waals surface area contributed by atoms with Crippen molar-refractivity contribution in [2.45, 2.75) is 6.92 Å². The Balaban J connectivity index is 2.80. The van der Waals surface area contributed by atoms with Crippen molar-refractivity contribution in [1.29, 1.82) is 0 Å². The zero-order valence-corrected chi connectivity index (χ0v) is 5.26. The molecule has 0 saturated heterocycles. The van der Waals surface area contributed by atoms with Gasteiger partial charge in [-0.15, -0.1) is 0 Å². The van der Waals surface area contributed by atoms with E-state index in [0.29, 0.717) is 6.61 Å². The molecule has 0 atom stereocenters. The van der Waals surface area contributed by atoms with E-state index in [4.69, 9.17) is 0 Å². The summed E-state index contributed by atoms with van der Waals surface area (Å²) < 4.78 is 0. The molecule has 3 heteroatoms. The molecule has 8 heavy (non-hydrogen) atoms. The lowest BCUT2D eigenvalue weighted by molar-refractivity contribution is -0.258. The highest BCUT2D eigenvalue weighted by atomic mass is 17.2. The number of rotatable bonds is 4. The van der Waals surface area contributed by atoms with Crippen LogP contribution in [-0.4, -0.2) is 26.5 Å². The van der Waals surface area contributed by atoms with E-state index in [1.165, 1.54) is 7.11 Å². The first-order valence-corrected chi connectivity index (χ1v) is 2.55. The third-order valence-corrected chi connectivity index (χ3v) is 0.572. The first-order valence-electron chi connectivity index (χ1n) is 2.55. The largest absolute Gasteiger partial charge is 0.295 e. The average Bonchev–Trinajstić information content (AvgIpc) is 1.81. The van der Waals surface area contributed by atoms with Gasteiger partial charge in [-0.25, -0.2) is 9.78 Å². The standard InChI is InChI=1S/C5H11NO2/c1-3-6-4-5-8-7-2/h4H,3,5H2,1-2H3. The molecule has 0 unspecified atom stereocenters. The molecule has 3 nitrogen and oxygen atoms in total. The van der Waals surface area contributed by atoms with E-state index in [1.807, 2.05) is 6.92 Å². The third kappa shape index (κ3) is 5.59. The maximum atomic E-state index is 4.49. The molecule has 0 aromatic heterocycles. The normalized spacial score (nSPS) is 10.8. The first kappa shape index (κ1) is 7.59. The molecule has 0 aromatic carbocycles. The second-order valence-corrected chi connectivity index (χ2v) is 1.13. The van der Waals surface area contributed by atoms with Crippen LogP contribution in [0.2, 0.25) is 0 Å². The van der Waals surface area contributed by atoms with Crippen LogP contribution in [0, 0.1) is 0 Å². The van der Waals surface area contributed by atoms with Crippen molar-refractivity contribution in [3.63, 3.8) is 0 Å². The molecular formula is C5H11NO2. The minimum absolute atomic E-state index is 0.435. The highest BCUT2D eigenvalue weighted by molar-refractivity contribution is 5.58. The molecule has 0 radical (unpaired) electrons. The molecular weight excluding hydrogens is 106 g/mol. The van der Waals surface area contributed by atoms with E-state index in [2.05, 4.69) is 14.8 Å². The Morgan fingerprint density at radius 1 is 1.62 bits per heavy atom. The van der Waals surface area contributed by atoms with Crippen LogP contribution in [0.5, 0.6) is 0 Å². The van der Waals surface area contributed by atoms with Gasteiger partial charge in [-0.1, -0.05) is 0 Å².